The predicted molar refractivity (Wildman–Crippen MR) is 86.1 cm³/mol. The number of aryl methyl sites for hydroxylation is 1. The number of fused-ring (bicyclic) bond motifs is 1. The van der Waals surface area contributed by atoms with Crippen molar-refractivity contribution in [2.24, 2.45) is 0 Å². The van der Waals surface area contributed by atoms with Crippen molar-refractivity contribution in [1.29, 1.82) is 0 Å². The monoisotopic (exact) mass is 311 g/mol. The highest BCUT2D eigenvalue weighted by Crippen LogP contribution is 2.28. The van der Waals surface area contributed by atoms with Crippen molar-refractivity contribution >= 4 is 38.1 Å². The molecule has 2 heteroatoms. The van der Waals surface area contributed by atoms with E-state index in [9.17, 15) is 0 Å². The molecule has 0 atom stereocenters. The molecule has 0 aliphatic heterocycles. The summed E-state index contributed by atoms with van der Waals surface area (Å²) < 4.78 is 1.08. The van der Waals surface area contributed by atoms with Crippen LogP contribution < -0.4 is 5.32 Å². The van der Waals surface area contributed by atoms with Gasteiger partial charge in [-0.2, -0.15) is 0 Å². The maximum absolute atomic E-state index is 3.49. The molecule has 0 saturated carbocycles. The quantitative estimate of drug-likeness (QED) is 0.644. The number of benzene rings is 3. The third-order valence-corrected chi connectivity index (χ3v) is 3.80. The molecule has 0 saturated heterocycles. The molecule has 3 rings (SSSR count). The molecule has 0 radical (unpaired) electrons. The minimum atomic E-state index is 1.08. The summed E-state index contributed by atoms with van der Waals surface area (Å²) >= 11 is 3.49. The van der Waals surface area contributed by atoms with Gasteiger partial charge in [0.15, 0.2) is 0 Å². The molecule has 0 aliphatic rings. The Morgan fingerprint density at radius 3 is 2.58 bits per heavy atom. The van der Waals surface area contributed by atoms with Gasteiger partial charge in [0.2, 0.25) is 0 Å². The van der Waals surface area contributed by atoms with Gasteiger partial charge in [0, 0.05) is 15.8 Å². The average Bonchev–Trinajstić information content (AvgIpc) is 2.42. The van der Waals surface area contributed by atoms with Gasteiger partial charge in [-0.25, -0.2) is 0 Å². The van der Waals surface area contributed by atoms with Gasteiger partial charge in [-0.05, 0) is 47.5 Å². The summed E-state index contributed by atoms with van der Waals surface area (Å²) in [6.07, 6.45) is 0. The van der Waals surface area contributed by atoms with Crippen LogP contribution in [-0.2, 0) is 0 Å². The minimum absolute atomic E-state index is 1.08. The van der Waals surface area contributed by atoms with Crippen LogP contribution in [0.4, 0.5) is 11.4 Å². The highest BCUT2D eigenvalue weighted by Gasteiger charge is 2.03. The SMILES string of the molecule is Cc1c(Nc2cccc(Br)c2)ccc2ccccc12. The number of hydrogen-bond donors (Lipinski definition) is 1. The van der Waals surface area contributed by atoms with E-state index in [1.54, 1.807) is 0 Å². The first-order valence-corrected chi connectivity index (χ1v) is 7.04. The van der Waals surface area contributed by atoms with E-state index in [1.807, 2.05) is 12.1 Å². The molecule has 0 fully saturated rings. The van der Waals surface area contributed by atoms with Crippen molar-refractivity contribution in [2.45, 2.75) is 6.92 Å². The molecule has 1 N–H and O–H groups in total. The van der Waals surface area contributed by atoms with E-state index < -0.39 is 0 Å². The zero-order valence-electron chi connectivity index (χ0n) is 10.7. The summed E-state index contributed by atoms with van der Waals surface area (Å²) in [6.45, 7) is 2.16. The maximum atomic E-state index is 3.49. The summed E-state index contributed by atoms with van der Waals surface area (Å²) in [5.74, 6) is 0. The lowest BCUT2D eigenvalue weighted by molar-refractivity contribution is 1.46. The smallest absolute Gasteiger partial charge is 0.0420 e. The van der Waals surface area contributed by atoms with Crippen LogP contribution in [0.2, 0.25) is 0 Å². The number of rotatable bonds is 2. The fraction of sp³-hybridized carbons (Fsp3) is 0.0588. The Bertz CT molecular complexity index is 734. The van der Waals surface area contributed by atoms with Gasteiger partial charge in [-0.15, -0.1) is 0 Å². The highest BCUT2D eigenvalue weighted by molar-refractivity contribution is 9.10. The topological polar surface area (TPSA) is 12.0 Å². The van der Waals surface area contributed by atoms with Crippen LogP contribution in [0, 0.1) is 6.92 Å². The van der Waals surface area contributed by atoms with Crippen molar-refractivity contribution in [3.05, 3.63) is 70.7 Å². The Hall–Kier alpha value is -1.80. The van der Waals surface area contributed by atoms with Gasteiger partial charge in [-0.3, -0.25) is 0 Å². The Morgan fingerprint density at radius 2 is 1.74 bits per heavy atom. The van der Waals surface area contributed by atoms with E-state index in [0.29, 0.717) is 0 Å². The molecule has 19 heavy (non-hydrogen) atoms. The summed E-state index contributed by atoms with van der Waals surface area (Å²) in [7, 11) is 0. The van der Waals surface area contributed by atoms with Crippen LogP contribution >= 0.6 is 15.9 Å². The lowest BCUT2D eigenvalue weighted by atomic mass is 10.0. The third-order valence-electron chi connectivity index (χ3n) is 3.30. The molecule has 0 aliphatic carbocycles. The van der Waals surface area contributed by atoms with Gasteiger partial charge in [0.1, 0.15) is 0 Å². The molecule has 1 nitrogen and oxygen atoms in total. The van der Waals surface area contributed by atoms with Crippen LogP contribution in [0.25, 0.3) is 10.8 Å². The van der Waals surface area contributed by atoms with Crippen LogP contribution in [0.1, 0.15) is 5.56 Å². The summed E-state index contributed by atoms with van der Waals surface area (Å²) in [4.78, 5) is 0. The van der Waals surface area contributed by atoms with Gasteiger partial charge in [-0.1, -0.05) is 52.3 Å². The normalized spacial score (nSPS) is 10.6. The average molecular weight is 312 g/mol. The van der Waals surface area contributed by atoms with Crippen molar-refractivity contribution < 1.29 is 0 Å². The Kier molecular flexibility index (Phi) is 3.26. The van der Waals surface area contributed by atoms with Gasteiger partial charge in [0.25, 0.3) is 0 Å². The first-order valence-electron chi connectivity index (χ1n) is 6.25. The molecular formula is C17H14BrN. The zero-order chi connectivity index (χ0) is 13.2. The molecule has 0 unspecified atom stereocenters. The van der Waals surface area contributed by atoms with Crippen molar-refractivity contribution in [1.82, 2.24) is 0 Å². The summed E-state index contributed by atoms with van der Waals surface area (Å²) in [5.41, 5.74) is 3.52. The first-order chi connectivity index (χ1) is 9.24. The standard InChI is InChI=1S/C17H14BrN/c1-12-16-8-3-2-5-13(16)9-10-17(12)19-15-7-4-6-14(18)11-15/h2-11,19H,1H3. The zero-order valence-corrected chi connectivity index (χ0v) is 12.2. The molecule has 94 valence electrons. The molecule has 0 amide bonds. The van der Waals surface area contributed by atoms with E-state index in [0.717, 1.165) is 15.8 Å². The van der Waals surface area contributed by atoms with Gasteiger partial charge in [0.05, 0.1) is 0 Å². The molecule has 0 bridgehead atoms. The second-order valence-electron chi connectivity index (χ2n) is 4.59. The lowest BCUT2D eigenvalue weighted by Crippen LogP contribution is -1.93. The van der Waals surface area contributed by atoms with Crippen molar-refractivity contribution in [3.8, 4) is 0 Å². The highest BCUT2D eigenvalue weighted by atomic mass is 79.9. The number of hydrogen-bond acceptors (Lipinski definition) is 1. The van der Waals surface area contributed by atoms with E-state index in [-0.39, 0.29) is 0 Å². The second-order valence-corrected chi connectivity index (χ2v) is 5.51. The molecule has 3 aromatic carbocycles. The Labute approximate surface area is 121 Å². The maximum Gasteiger partial charge on any atom is 0.0420 e. The van der Waals surface area contributed by atoms with Crippen LogP contribution in [0.5, 0.6) is 0 Å². The number of anilines is 2. The van der Waals surface area contributed by atoms with Crippen molar-refractivity contribution in [2.75, 3.05) is 5.32 Å². The fourth-order valence-corrected chi connectivity index (χ4v) is 2.68. The second kappa shape index (κ2) is 5.06. The largest absolute Gasteiger partial charge is 0.355 e. The van der Waals surface area contributed by atoms with Crippen molar-refractivity contribution in [3.63, 3.8) is 0 Å². The van der Waals surface area contributed by atoms with Crippen LogP contribution in [0.3, 0.4) is 0 Å². The van der Waals surface area contributed by atoms with Gasteiger partial charge < -0.3 is 5.32 Å². The molecular weight excluding hydrogens is 298 g/mol. The predicted octanol–water partition coefficient (Wildman–Crippen LogP) is 5.65. The van der Waals surface area contributed by atoms with E-state index in [2.05, 4.69) is 76.7 Å². The Balaban J connectivity index is 2.04. The Morgan fingerprint density at radius 1 is 0.895 bits per heavy atom. The van der Waals surface area contributed by atoms with Gasteiger partial charge >= 0.3 is 0 Å². The minimum Gasteiger partial charge on any atom is -0.355 e. The van der Waals surface area contributed by atoms with E-state index in [4.69, 9.17) is 0 Å². The fourth-order valence-electron chi connectivity index (χ4n) is 2.28. The van der Waals surface area contributed by atoms with E-state index in [1.165, 1.54) is 16.3 Å². The number of halogens is 1. The molecule has 0 aromatic heterocycles. The summed E-state index contributed by atoms with van der Waals surface area (Å²) in [5, 5.41) is 6.05. The first kappa shape index (κ1) is 12.2. The van der Waals surface area contributed by atoms with Crippen LogP contribution in [0.15, 0.2) is 65.1 Å². The van der Waals surface area contributed by atoms with E-state index >= 15 is 0 Å². The summed E-state index contributed by atoms with van der Waals surface area (Å²) in [6, 6.07) is 21.0. The third kappa shape index (κ3) is 2.49. The number of nitrogens with one attached hydrogen (secondary N) is 1. The van der Waals surface area contributed by atoms with Crippen LogP contribution in [-0.4, -0.2) is 0 Å². The molecule has 0 spiro atoms. The molecule has 3 aromatic rings. The lowest BCUT2D eigenvalue weighted by Gasteiger charge is -2.12. The molecule has 0 heterocycles.